The third kappa shape index (κ3) is 9.95. The first kappa shape index (κ1) is 42.6. The van der Waals surface area contributed by atoms with Crippen molar-refractivity contribution < 1.29 is 52.1 Å². The maximum atomic E-state index is 15.4. The number of carbonyl (C=O) groups is 4. The van der Waals surface area contributed by atoms with E-state index in [1.54, 1.807) is 41.5 Å². The van der Waals surface area contributed by atoms with Crippen LogP contribution in [0.3, 0.4) is 0 Å². The van der Waals surface area contributed by atoms with E-state index in [2.05, 4.69) is 10.3 Å². The molecule has 5 N–H and O–H groups in total. The standard InChI is InChI=1S/C39H45F2N5O10/c1-38(2,3)55-36(52)45(7)35(46(8)37(53)56-39(4,5)6)43-15-11-14-27(42)33(49)44-19-24-31(48)26(41)17-23-30(20-12-9-10-13-21(20)34(50)51)22-16-25(40)28(47)18-29(22)54-32(23)24/h9-10,12-13,16-18,27,48H,11,14-15,19,42H2,1-8H3,(H,44,49)(H,50,51). The molecule has 2 aromatic carbocycles. The number of carboxylic acid groups (broad SMARTS) is 1. The number of nitrogens with one attached hydrogen (secondary N) is 1. The molecule has 2 aromatic rings. The lowest BCUT2D eigenvalue weighted by Crippen LogP contribution is -2.49. The Morgan fingerprint density at radius 1 is 0.929 bits per heavy atom. The highest BCUT2D eigenvalue weighted by Crippen LogP contribution is 2.44. The Labute approximate surface area is 321 Å². The van der Waals surface area contributed by atoms with Crippen molar-refractivity contribution in [3.05, 3.63) is 75.4 Å². The van der Waals surface area contributed by atoms with E-state index in [1.165, 1.54) is 38.4 Å². The van der Waals surface area contributed by atoms with Crippen LogP contribution in [0.4, 0.5) is 18.4 Å². The summed E-state index contributed by atoms with van der Waals surface area (Å²) in [6.45, 7) is 9.55. The highest BCUT2D eigenvalue weighted by atomic mass is 19.1. The molecule has 3 amide bonds. The summed E-state index contributed by atoms with van der Waals surface area (Å²) in [5.41, 5.74) is 2.78. The van der Waals surface area contributed by atoms with Gasteiger partial charge in [0.2, 0.25) is 17.3 Å². The van der Waals surface area contributed by atoms with Crippen LogP contribution >= 0.6 is 0 Å². The molecule has 0 saturated carbocycles. The van der Waals surface area contributed by atoms with Crippen molar-refractivity contribution in [2.75, 3.05) is 20.6 Å². The minimum Gasteiger partial charge on any atom is -0.504 e. The number of guanidine groups is 1. The number of phenolic OH excluding ortho intramolecular Hbond substituents is 1. The van der Waals surface area contributed by atoms with Gasteiger partial charge in [-0.25, -0.2) is 23.2 Å². The van der Waals surface area contributed by atoms with Crippen LogP contribution in [0, 0.1) is 11.6 Å². The number of ether oxygens (including phenoxy) is 2. The van der Waals surface area contributed by atoms with Gasteiger partial charge in [-0.05, 0) is 78.1 Å². The van der Waals surface area contributed by atoms with Crippen LogP contribution in [-0.4, -0.2) is 87.9 Å². The Balaban J connectivity index is 1.60. The molecule has 0 aromatic heterocycles. The van der Waals surface area contributed by atoms with Gasteiger partial charge in [-0.15, -0.1) is 0 Å². The number of nitrogens with two attached hydrogens (primary N) is 1. The first-order valence-corrected chi connectivity index (χ1v) is 17.4. The van der Waals surface area contributed by atoms with Crippen LogP contribution in [0.2, 0.25) is 0 Å². The average Bonchev–Trinajstić information content (AvgIpc) is 3.09. The van der Waals surface area contributed by atoms with Crippen molar-refractivity contribution >= 4 is 41.0 Å². The Bertz CT molecular complexity index is 2190. The number of hydrogen-bond acceptors (Lipinski definition) is 11. The number of hydrogen-bond donors (Lipinski definition) is 4. The molecule has 1 aliphatic heterocycles. The van der Waals surface area contributed by atoms with Gasteiger partial charge in [-0.3, -0.25) is 24.4 Å². The van der Waals surface area contributed by atoms with E-state index < -0.39 is 70.7 Å². The van der Waals surface area contributed by atoms with Crippen molar-refractivity contribution in [3.63, 3.8) is 0 Å². The SMILES string of the molecule is CN(C(=O)OC(C)(C)C)C(=NCCCC(N)C(=O)NCc1c(O)c(F)cc2c(-c3ccccc3C(=O)O)c3cc(F)c(=O)cc-3oc12)N(C)C(=O)OC(C)(C)C. The number of nitrogens with zero attached hydrogens (tertiary/aromatic N) is 3. The summed E-state index contributed by atoms with van der Waals surface area (Å²) in [7, 11) is 2.75. The van der Waals surface area contributed by atoms with Crippen LogP contribution in [0.1, 0.15) is 70.3 Å². The zero-order chi connectivity index (χ0) is 41.9. The summed E-state index contributed by atoms with van der Waals surface area (Å²) < 4.78 is 46.8. The molecule has 0 radical (unpaired) electrons. The van der Waals surface area contributed by atoms with Gasteiger partial charge >= 0.3 is 18.2 Å². The highest BCUT2D eigenvalue weighted by Gasteiger charge is 2.31. The third-order valence-corrected chi connectivity index (χ3v) is 8.15. The number of aromatic hydroxyl groups is 1. The number of aromatic carboxylic acids is 1. The zero-order valence-electron chi connectivity index (χ0n) is 32.3. The van der Waals surface area contributed by atoms with Crippen LogP contribution in [-0.2, 0) is 20.8 Å². The fourth-order valence-electron chi connectivity index (χ4n) is 5.58. The monoisotopic (exact) mass is 781 g/mol. The maximum Gasteiger partial charge on any atom is 0.416 e. The molecule has 1 unspecified atom stereocenters. The van der Waals surface area contributed by atoms with Crippen LogP contribution in [0.5, 0.6) is 5.75 Å². The molecular formula is C39H45F2N5O10. The lowest BCUT2D eigenvalue weighted by molar-refractivity contribution is -0.122. The van der Waals surface area contributed by atoms with E-state index in [1.807, 2.05) is 0 Å². The molecule has 56 heavy (non-hydrogen) atoms. The van der Waals surface area contributed by atoms with Crippen molar-refractivity contribution in [3.8, 4) is 28.2 Å². The Morgan fingerprint density at radius 3 is 2.09 bits per heavy atom. The van der Waals surface area contributed by atoms with Gasteiger partial charge < -0.3 is 35.2 Å². The molecule has 0 bridgehead atoms. The van der Waals surface area contributed by atoms with Gasteiger partial charge in [-0.1, -0.05) is 18.2 Å². The number of halogens is 2. The number of carbonyl (C=O) groups excluding carboxylic acids is 3. The molecule has 0 saturated heterocycles. The quantitative estimate of drug-likeness (QED) is 0.0663. The van der Waals surface area contributed by atoms with E-state index in [0.29, 0.717) is 0 Å². The predicted molar refractivity (Wildman–Crippen MR) is 202 cm³/mol. The summed E-state index contributed by atoms with van der Waals surface area (Å²) in [6, 6.07) is 7.14. The Kier molecular flexibility index (Phi) is 12.7. The number of fused-ring (bicyclic) bond motifs is 2. The van der Waals surface area contributed by atoms with Crippen molar-refractivity contribution in [1.29, 1.82) is 0 Å². The minimum absolute atomic E-state index is 0.000750. The minimum atomic E-state index is -1.34. The molecule has 0 fully saturated rings. The summed E-state index contributed by atoms with van der Waals surface area (Å²) >= 11 is 0. The number of phenols is 1. The van der Waals surface area contributed by atoms with E-state index in [0.717, 1.165) is 28.0 Å². The molecule has 4 rings (SSSR count). The average molecular weight is 782 g/mol. The largest absolute Gasteiger partial charge is 0.504 e. The van der Waals surface area contributed by atoms with E-state index in [-0.39, 0.29) is 69.9 Å². The fraction of sp³-hybridized carbons (Fsp3) is 0.385. The van der Waals surface area contributed by atoms with Crippen molar-refractivity contribution in [2.24, 2.45) is 10.7 Å². The van der Waals surface area contributed by atoms with Crippen molar-refractivity contribution in [2.45, 2.75) is 78.2 Å². The van der Waals surface area contributed by atoms with E-state index in [9.17, 15) is 38.6 Å². The molecular weight excluding hydrogens is 736 g/mol. The van der Waals surface area contributed by atoms with E-state index in [4.69, 9.17) is 19.6 Å². The first-order valence-electron chi connectivity index (χ1n) is 17.4. The summed E-state index contributed by atoms with van der Waals surface area (Å²) in [5.74, 6) is -5.55. The number of carboxylic acids is 1. The van der Waals surface area contributed by atoms with Crippen LogP contribution < -0.4 is 16.5 Å². The molecule has 1 aliphatic carbocycles. The number of rotatable bonds is 9. The molecule has 1 atom stereocenters. The number of benzene rings is 3. The maximum absolute atomic E-state index is 15.4. The second-order valence-corrected chi connectivity index (χ2v) is 14.9. The molecule has 300 valence electrons. The topological polar surface area (TPSA) is 214 Å². The Hall–Kier alpha value is -6.10. The second-order valence-electron chi connectivity index (χ2n) is 14.9. The predicted octanol–water partition coefficient (Wildman–Crippen LogP) is 6.06. The number of amides is 3. The van der Waals surface area contributed by atoms with Gasteiger partial charge in [0, 0.05) is 43.2 Å². The van der Waals surface area contributed by atoms with Gasteiger partial charge in [0.25, 0.3) is 0 Å². The summed E-state index contributed by atoms with van der Waals surface area (Å²) in [6.07, 6.45) is -1.32. The molecule has 0 spiro atoms. The van der Waals surface area contributed by atoms with Gasteiger partial charge in [0.1, 0.15) is 22.5 Å². The fourth-order valence-corrected chi connectivity index (χ4v) is 5.58. The first-order chi connectivity index (χ1) is 26.0. The molecule has 15 nitrogen and oxygen atoms in total. The number of aliphatic imine (C=N–C) groups is 1. The summed E-state index contributed by atoms with van der Waals surface area (Å²) in [5, 5.41) is 23.2. The van der Waals surface area contributed by atoms with Gasteiger partial charge in [0.05, 0.1) is 23.7 Å². The third-order valence-electron chi connectivity index (χ3n) is 8.15. The second kappa shape index (κ2) is 16.7. The summed E-state index contributed by atoms with van der Waals surface area (Å²) in [4.78, 5) is 69.9. The van der Waals surface area contributed by atoms with Crippen molar-refractivity contribution in [1.82, 2.24) is 15.1 Å². The molecule has 1 heterocycles. The smallest absolute Gasteiger partial charge is 0.416 e. The molecule has 2 aliphatic rings. The normalized spacial score (nSPS) is 12.2. The van der Waals surface area contributed by atoms with Crippen LogP contribution in [0.25, 0.3) is 33.4 Å². The molecule has 17 heteroatoms. The van der Waals surface area contributed by atoms with Gasteiger partial charge in [0.15, 0.2) is 17.4 Å². The van der Waals surface area contributed by atoms with Crippen LogP contribution in [0.15, 0.2) is 56.7 Å². The lowest BCUT2D eigenvalue weighted by atomic mass is 9.89. The Morgan fingerprint density at radius 2 is 1.52 bits per heavy atom. The van der Waals surface area contributed by atoms with E-state index >= 15 is 4.39 Å². The zero-order valence-corrected chi connectivity index (χ0v) is 32.3. The lowest BCUT2D eigenvalue weighted by Gasteiger charge is -2.30. The van der Waals surface area contributed by atoms with Gasteiger partial charge in [-0.2, -0.15) is 0 Å². The highest BCUT2D eigenvalue weighted by molar-refractivity contribution is 6.08.